The number of carbonyl (C=O) groups is 3. The van der Waals surface area contributed by atoms with Crippen molar-refractivity contribution < 1.29 is 38.1 Å². The van der Waals surface area contributed by atoms with Crippen molar-refractivity contribution in [1.82, 2.24) is 10.3 Å². The maximum absolute atomic E-state index is 12.5. The lowest BCUT2D eigenvalue weighted by atomic mass is 10.1. The first-order chi connectivity index (χ1) is 15.3. The van der Waals surface area contributed by atoms with Crippen molar-refractivity contribution in [2.75, 3.05) is 27.6 Å². The average molecular weight is 446 g/mol. The number of amides is 1. The molecule has 0 fully saturated rings. The summed E-state index contributed by atoms with van der Waals surface area (Å²) in [5, 5.41) is 2.44. The van der Waals surface area contributed by atoms with Gasteiger partial charge in [0.05, 0.1) is 14.2 Å². The number of benzene rings is 1. The van der Waals surface area contributed by atoms with Crippen LogP contribution in [0.3, 0.4) is 0 Å². The minimum absolute atomic E-state index is 0.0185. The van der Waals surface area contributed by atoms with Gasteiger partial charge in [-0.15, -0.1) is 0 Å². The van der Waals surface area contributed by atoms with E-state index >= 15 is 0 Å². The summed E-state index contributed by atoms with van der Waals surface area (Å²) in [4.78, 5) is 39.6. The second-order valence-corrected chi connectivity index (χ2v) is 6.62. The number of methoxy groups -OCH3 is 2. The fourth-order valence-electron chi connectivity index (χ4n) is 2.70. The van der Waals surface area contributed by atoms with Crippen LogP contribution < -0.4 is 19.5 Å². The Morgan fingerprint density at radius 3 is 2.41 bits per heavy atom. The zero-order valence-electron chi connectivity index (χ0n) is 18.4. The van der Waals surface area contributed by atoms with E-state index in [0.717, 1.165) is 11.3 Å². The second-order valence-electron chi connectivity index (χ2n) is 6.62. The molecule has 10 nitrogen and oxygen atoms in total. The Labute approximate surface area is 185 Å². The zero-order chi connectivity index (χ0) is 23.5. The van der Waals surface area contributed by atoms with E-state index in [-0.39, 0.29) is 23.7 Å². The molecule has 1 N–H and O–H groups in total. The van der Waals surface area contributed by atoms with Crippen LogP contribution in [-0.2, 0) is 25.5 Å². The summed E-state index contributed by atoms with van der Waals surface area (Å²) >= 11 is 0. The van der Waals surface area contributed by atoms with E-state index in [2.05, 4.69) is 10.3 Å². The average Bonchev–Trinajstić information content (AvgIpc) is 2.77. The van der Waals surface area contributed by atoms with Gasteiger partial charge in [-0.2, -0.15) is 0 Å². The standard InChI is InChI=1S/C22H26N2O8/c1-14(11-16-5-7-17(28-3)8-6-16)32-19(26)12-24-22(27)20-21(31-13-30-15(2)25)18(29-4)9-10-23-20/h5-10,14H,11-13H2,1-4H3,(H,24,27). The molecule has 1 aromatic carbocycles. The number of nitrogens with zero attached hydrogens (tertiary/aromatic N) is 1. The number of rotatable bonds is 11. The topological polar surface area (TPSA) is 122 Å². The minimum Gasteiger partial charge on any atom is -0.497 e. The molecule has 1 unspecified atom stereocenters. The molecule has 1 aromatic heterocycles. The van der Waals surface area contributed by atoms with Crippen molar-refractivity contribution >= 4 is 17.8 Å². The van der Waals surface area contributed by atoms with Crippen LogP contribution in [0.15, 0.2) is 36.5 Å². The molecule has 2 aromatic rings. The highest BCUT2D eigenvalue weighted by atomic mass is 16.7. The van der Waals surface area contributed by atoms with E-state index in [1.165, 1.54) is 26.3 Å². The molecule has 10 heteroatoms. The van der Waals surface area contributed by atoms with Gasteiger partial charge in [0, 0.05) is 25.6 Å². The minimum atomic E-state index is -0.679. The van der Waals surface area contributed by atoms with E-state index in [1.807, 2.05) is 24.3 Å². The molecule has 0 spiro atoms. The molecule has 0 saturated heterocycles. The number of hydrogen-bond acceptors (Lipinski definition) is 9. The monoisotopic (exact) mass is 446 g/mol. The Bertz CT molecular complexity index is 930. The van der Waals surface area contributed by atoms with Crippen LogP contribution in [0.25, 0.3) is 0 Å². The summed E-state index contributed by atoms with van der Waals surface area (Å²) < 4.78 is 25.7. The van der Waals surface area contributed by atoms with Crippen LogP contribution >= 0.6 is 0 Å². The molecule has 1 amide bonds. The Balaban J connectivity index is 1.91. The first-order valence-electron chi connectivity index (χ1n) is 9.73. The molecule has 0 aliphatic heterocycles. The van der Waals surface area contributed by atoms with E-state index in [9.17, 15) is 14.4 Å². The van der Waals surface area contributed by atoms with Crippen LogP contribution in [0.2, 0.25) is 0 Å². The molecule has 0 saturated carbocycles. The molecule has 1 heterocycles. The summed E-state index contributed by atoms with van der Waals surface area (Å²) in [6.45, 7) is 2.18. The molecule has 0 aliphatic rings. The molecular weight excluding hydrogens is 420 g/mol. The van der Waals surface area contributed by atoms with Crippen molar-refractivity contribution in [1.29, 1.82) is 0 Å². The number of aromatic nitrogens is 1. The van der Waals surface area contributed by atoms with Crippen LogP contribution in [0.5, 0.6) is 17.2 Å². The first kappa shape index (κ1) is 24.4. The van der Waals surface area contributed by atoms with Gasteiger partial charge in [0.1, 0.15) is 18.4 Å². The largest absolute Gasteiger partial charge is 0.497 e. The van der Waals surface area contributed by atoms with Gasteiger partial charge >= 0.3 is 11.9 Å². The summed E-state index contributed by atoms with van der Waals surface area (Å²) in [5.41, 5.74) is 0.848. The SMILES string of the molecule is COc1ccc(CC(C)OC(=O)CNC(=O)c2nccc(OC)c2OCOC(C)=O)cc1. The highest BCUT2D eigenvalue weighted by molar-refractivity contribution is 5.97. The predicted molar refractivity (Wildman–Crippen MR) is 113 cm³/mol. The zero-order valence-corrected chi connectivity index (χ0v) is 18.4. The van der Waals surface area contributed by atoms with E-state index in [4.69, 9.17) is 23.7 Å². The van der Waals surface area contributed by atoms with Crippen molar-refractivity contribution in [3.63, 3.8) is 0 Å². The number of esters is 2. The van der Waals surface area contributed by atoms with Crippen LogP contribution in [0.1, 0.15) is 29.9 Å². The lowest BCUT2D eigenvalue weighted by Crippen LogP contribution is -2.33. The molecule has 0 bridgehead atoms. The number of hydrogen-bond donors (Lipinski definition) is 1. The number of carbonyl (C=O) groups excluding carboxylic acids is 3. The number of nitrogens with one attached hydrogen (secondary N) is 1. The molecule has 0 radical (unpaired) electrons. The number of ether oxygens (including phenoxy) is 5. The Hall–Kier alpha value is -3.82. The van der Waals surface area contributed by atoms with Crippen molar-refractivity contribution in [2.24, 2.45) is 0 Å². The highest BCUT2D eigenvalue weighted by Crippen LogP contribution is 2.29. The van der Waals surface area contributed by atoms with Crippen LogP contribution in [0.4, 0.5) is 0 Å². The van der Waals surface area contributed by atoms with Gasteiger partial charge in [0.25, 0.3) is 5.91 Å². The van der Waals surface area contributed by atoms with Crippen molar-refractivity contribution in [3.8, 4) is 17.2 Å². The second kappa shape index (κ2) is 12.1. The molecule has 32 heavy (non-hydrogen) atoms. The molecule has 0 aliphatic carbocycles. The maximum Gasteiger partial charge on any atom is 0.325 e. The van der Waals surface area contributed by atoms with Gasteiger partial charge in [-0.25, -0.2) is 4.98 Å². The third kappa shape index (κ3) is 7.46. The van der Waals surface area contributed by atoms with E-state index in [0.29, 0.717) is 6.42 Å². The summed E-state index contributed by atoms with van der Waals surface area (Å²) in [6.07, 6.45) is 1.46. The lowest BCUT2D eigenvalue weighted by molar-refractivity contribution is -0.148. The van der Waals surface area contributed by atoms with Crippen LogP contribution in [-0.4, -0.2) is 56.5 Å². The third-order valence-corrected chi connectivity index (χ3v) is 4.18. The van der Waals surface area contributed by atoms with Gasteiger partial charge in [-0.05, 0) is 24.6 Å². The molecule has 172 valence electrons. The predicted octanol–water partition coefficient (Wildman–Crippen LogP) is 1.90. The van der Waals surface area contributed by atoms with Gasteiger partial charge in [0.15, 0.2) is 17.2 Å². The normalized spacial score (nSPS) is 11.1. The summed E-state index contributed by atoms with van der Waals surface area (Å²) in [5.74, 6) is -0.900. The molecule has 2 rings (SSSR count). The van der Waals surface area contributed by atoms with Gasteiger partial charge in [-0.1, -0.05) is 12.1 Å². The van der Waals surface area contributed by atoms with E-state index in [1.54, 1.807) is 14.0 Å². The highest BCUT2D eigenvalue weighted by Gasteiger charge is 2.21. The fraction of sp³-hybridized carbons (Fsp3) is 0.364. The summed E-state index contributed by atoms with van der Waals surface area (Å²) in [6, 6.07) is 8.90. The molecular formula is C22H26N2O8. The van der Waals surface area contributed by atoms with Gasteiger partial charge < -0.3 is 29.0 Å². The summed E-state index contributed by atoms with van der Waals surface area (Å²) in [7, 11) is 2.97. The van der Waals surface area contributed by atoms with Gasteiger partial charge in [-0.3, -0.25) is 14.4 Å². The Kier molecular flexibility index (Phi) is 9.27. The molecule has 1 atom stereocenters. The Morgan fingerprint density at radius 2 is 1.78 bits per heavy atom. The van der Waals surface area contributed by atoms with Gasteiger partial charge in [0.2, 0.25) is 6.79 Å². The lowest BCUT2D eigenvalue weighted by Gasteiger charge is -2.15. The number of pyridine rings is 1. The quantitative estimate of drug-likeness (QED) is 0.407. The third-order valence-electron chi connectivity index (χ3n) is 4.18. The first-order valence-corrected chi connectivity index (χ1v) is 9.73. The van der Waals surface area contributed by atoms with Crippen molar-refractivity contribution in [3.05, 3.63) is 47.8 Å². The smallest absolute Gasteiger partial charge is 0.325 e. The Morgan fingerprint density at radius 1 is 1.06 bits per heavy atom. The fourth-order valence-corrected chi connectivity index (χ4v) is 2.70. The van der Waals surface area contributed by atoms with Crippen molar-refractivity contribution in [2.45, 2.75) is 26.4 Å². The van der Waals surface area contributed by atoms with Crippen LogP contribution in [0, 0.1) is 0 Å². The maximum atomic E-state index is 12.5. The van der Waals surface area contributed by atoms with E-state index < -0.39 is 30.7 Å².